The van der Waals surface area contributed by atoms with E-state index in [4.69, 9.17) is 9.47 Å². The maximum atomic E-state index is 5.35. The molecule has 0 bridgehead atoms. The first-order valence-electron chi connectivity index (χ1n) is 5.87. The topological polar surface area (TPSA) is 99.9 Å². The molecule has 0 spiro atoms. The number of anilines is 1. The number of rotatable bonds is 6. The van der Waals surface area contributed by atoms with E-state index in [-0.39, 0.29) is 18.0 Å². The Labute approximate surface area is 110 Å². The fraction of sp³-hybridized carbons (Fsp3) is 0.500. The second kappa shape index (κ2) is 5.94. The van der Waals surface area contributed by atoms with Crippen molar-refractivity contribution in [3.8, 4) is 18.0 Å². The van der Waals surface area contributed by atoms with Crippen LogP contribution in [0.15, 0.2) is 6.33 Å². The minimum atomic E-state index is 0.0839. The van der Waals surface area contributed by atoms with Gasteiger partial charge in [0.15, 0.2) is 0 Å². The van der Waals surface area contributed by atoms with Gasteiger partial charge in [0.25, 0.3) is 0 Å². The lowest BCUT2D eigenvalue weighted by atomic mass is 10.7. The van der Waals surface area contributed by atoms with E-state index in [0.29, 0.717) is 19.1 Å². The van der Waals surface area contributed by atoms with Crippen molar-refractivity contribution in [1.29, 1.82) is 0 Å². The summed E-state index contributed by atoms with van der Waals surface area (Å²) >= 11 is 0. The fourth-order valence-corrected chi connectivity index (χ4v) is 1.26. The van der Waals surface area contributed by atoms with E-state index in [0.717, 1.165) is 0 Å². The molecule has 0 atom stereocenters. The van der Waals surface area contributed by atoms with Crippen LogP contribution in [-0.2, 0) is 7.05 Å². The van der Waals surface area contributed by atoms with E-state index in [2.05, 4.69) is 30.4 Å². The molecule has 0 radical (unpaired) electrons. The quantitative estimate of drug-likeness (QED) is 0.811. The second-order valence-electron chi connectivity index (χ2n) is 3.49. The van der Waals surface area contributed by atoms with Gasteiger partial charge < -0.3 is 14.8 Å². The van der Waals surface area contributed by atoms with Gasteiger partial charge in [0, 0.05) is 13.6 Å². The molecule has 9 nitrogen and oxygen atoms in total. The van der Waals surface area contributed by atoms with Crippen LogP contribution in [0.5, 0.6) is 18.0 Å². The number of aryl methyl sites for hydroxylation is 1. The largest absolute Gasteiger partial charge is 0.464 e. The standard InChI is InChI=1S/C10H15N7O2/c1-4-11-7-13-9(18-5-2)15-10(14-7)19-8-12-6-17(3)16-8/h6H,4-5H2,1-3H3,(H,11,13,14,15). The van der Waals surface area contributed by atoms with Gasteiger partial charge in [-0.1, -0.05) is 0 Å². The molecule has 102 valence electrons. The molecule has 0 aliphatic heterocycles. The lowest BCUT2D eigenvalue weighted by molar-refractivity contribution is 0.301. The van der Waals surface area contributed by atoms with Crippen LogP contribution in [-0.4, -0.2) is 42.9 Å². The van der Waals surface area contributed by atoms with E-state index < -0.39 is 0 Å². The summed E-state index contributed by atoms with van der Waals surface area (Å²) in [6, 6.07) is 0.443. The Morgan fingerprint density at radius 2 is 1.95 bits per heavy atom. The molecular formula is C10H15N7O2. The molecule has 0 aliphatic carbocycles. The van der Waals surface area contributed by atoms with Gasteiger partial charge in [-0.05, 0) is 13.8 Å². The minimum Gasteiger partial charge on any atom is -0.464 e. The molecule has 0 saturated carbocycles. The molecule has 0 aromatic carbocycles. The van der Waals surface area contributed by atoms with E-state index in [1.54, 1.807) is 7.05 Å². The van der Waals surface area contributed by atoms with Crippen LogP contribution in [0.25, 0.3) is 0 Å². The van der Waals surface area contributed by atoms with Crippen LogP contribution in [0.1, 0.15) is 13.8 Å². The predicted molar refractivity (Wildman–Crippen MR) is 66.2 cm³/mol. The Balaban J connectivity index is 2.22. The summed E-state index contributed by atoms with van der Waals surface area (Å²) in [7, 11) is 1.74. The van der Waals surface area contributed by atoms with Gasteiger partial charge in [0.05, 0.1) is 6.61 Å². The molecule has 0 aliphatic rings. The number of hydrogen-bond donors (Lipinski definition) is 1. The minimum absolute atomic E-state index is 0.0839. The van der Waals surface area contributed by atoms with Crippen molar-refractivity contribution in [3.63, 3.8) is 0 Å². The first kappa shape index (κ1) is 13.0. The summed E-state index contributed by atoms with van der Waals surface area (Å²) < 4.78 is 12.1. The maximum absolute atomic E-state index is 5.35. The average molecular weight is 265 g/mol. The van der Waals surface area contributed by atoms with Gasteiger partial charge in [0.2, 0.25) is 5.95 Å². The van der Waals surface area contributed by atoms with Gasteiger partial charge in [-0.15, -0.1) is 10.1 Å². The third kappa shape index (κ3) is 3.50. The molecule has 19 heavy (non-hydrogen) atoms. The summed E-state index contributed by atoms with van der Waals surface area (Å²) in [5.74, 6) is 0.381. The number of nitrogens with one attached hydrogen (secondary N) is 1. The number of ether oxygens (including phenoxy) is 2. The Hall–Kier alpha value is -2.45. The van der Waals surface area contributed by atoms with Gasteiger partial charge in [-0.2, -0.15) is 15.0 Å². The van der Waals surface area contributed by atoms with Crippen molar-refractivity contribution in [2.45, 2.75) is 13.8 Å². The summed E-state index contributed by atoms with van der Waals surface area (Å²) in [6.07, 6.45) is 1.52. The van der Waals surface area contributed by atoms with Gasteiger partial charge in [0.1, 0.15) is 6.33 Å². The van der Waals surface area contributed by atoms with E-state index >= 15 is 0 Å². The monoisotopic (exact) mass is 265 g/mol. The van der Waals surface area contributed by atoms with Crippen molar-refractivity contribution in [3.05, 3.63) is 6.33 Å². The number of hydrogen-bond acceptors (Lipinski definition) is 8. The highest BCUT2D eigenvalue weighted by molar-refractivity contribution is 5.27. The average Bonchev–Trinajstić information content (AvgIpc) is 2.75. The Bertz CT molecular complexity index is 518. The van der Waals surface area contributed by atoms with Crippen molar-refractivity contribution >= 4 is 5.95 Å². The molecule has 1 N–H and O–H groups in total. The zero-order chi connectivity index (χ0) is 13.7. The molecule has 0 fully saturated rings. The fourth-order valence-electron chi connectivity index (χ4n) is 1.26. The molecule has 2 heterocycles. The Morgan fingerprint density at radius 1 is 1.16 bits per heavy atom. The highest BCUT2D eigenvalue weighted by Gasteiger charge is 2.10. The summed E-state index contributed by atoms with van der Waals surface area (Å²) in [6.45, 7) is 4.91. The van der Waals surface area contributed by atoms with Crippen LogP contribution < -0.4 is 14.8 Å². The molecule has 9 heteroatoms. The summed E-state index contributed by atoms with van der Waals surface area (Å²) in [5, 5.41) is 6.95. The maximum Gasteiger partial charge on any atom is 0.343 e. The molecule has 2 aromatic heterocycles. The van der Waals surface area contributed by atoms with Crippen molar-refractivity contribution < 1.29 is 9.47 Å². The molecule has 2 rings (SSSR count). The SMILES string of the molecule is CCNc1nc(OCC)nc(Oc2ncn(C)n2)n1. The van der Waals surface area contributed by atoms with Crippen LogP contribution in [0.4, 0.5) is 5.95 Å². The second-order valence-corrected chi connectivity index (χ2v) is 3.49. The van der Waals surface area contributed by atoms with Crippen LogP contribution in [0, 0.1) is 0 Å². The normalized spacial score (nSPS) is 10.3. The lowest BCUT2D eigenvalue weighted by Gasteiger charge is -2.06. The first-order chi connectivity index (χ1) is 9.21. The Kier molecular flexibility index (Phi) is 4.06. The molecule has 2 aromatic rings. The summed E-state index contributed by atoms with van der Waals surface area (Å²) in [4.78, 5) is 16.1. The van der Waals surface area contributed by atoms with Crippen LogP contribution in [0.2, 0.25) is 0 Å². The highest BCUT2D eigenvalue weighted by atomic mass is 16.5. The molecule has 0 unspecified atom stereocenters. The Morgan fingerprint density at radius 3 is 2.58 bits per heavy atom. The third-order valence-corrected chi connectivity index (χ3v) is 1.96. The highest BCUT2D eigenvalue weighted by Crippen LogP contribution is 2.17. The zero-order valence-corrected chi connectivity index (χ0v) is 11.0. The molecular weight excluding hydrogens is 250 g/mol. The number of aromatic nitrogens is 6. The van der Waals surface area contributed by atoms with Crippen LogP contribution in [0.3, 0.4) is 0 Å². The molecule has 0 amide bonds. The van der Waals surface area contributed by atoms with E-state index in [9.17, 15) is 0 Å². The van der Waals surface area contributed by atoms with Crippen molar-refractivity contribution in [1.82, 2.24) is 29.7 Å². The summed E-state index contributed by atoms with van der Waals surface area (Å²) in [5.41, 5.74) is 0. The van der Waals surface area contributed by atoms with E-state index in [1.807, 2.05) is 13.8 Å². The van der Waals surface area contributed by atoms with Crippen molar-refractivity contribution in [2.24, 2.45) is 7.05 Å². The van der Waals surface area contributed by atoms with Crippen LogP contribution >= 0.6 is 0 Å². The van der Waals surface area contributed by atoms with Crippen molar-refractivity contribution in [2.75, 3.05) is 18.5 Å². The van der Waals surface area contributed by atoms with E-state index in [1.165, 1.54) is 11.0 Å². The third-order valence-electron chi connectivity index (χ3n) is 1.96. The lowest BCUT2D eigenvalue weighted by Crippen LogP contribution is -2.07. The molecule has 0 saturated heterocycles. The smallest absolute Gasteiger partial charge is 0.343 e. The van der Waals surface area contributed by atoms with Gasteiger partial charge >= 0.3 is 18.0 Å². The van der Waals surface area contributed by atoms with Gasteiger partial charge in [-0.25, -0.2) is 0 Å². The number of nitrogens with zero attached hydrogens (tertiary/aromatic N) is 6. The predicted octanol–water partition coefficient (Wildman–Crippen LogP) is 0.623. The zero-order valence-electron chi connectivity index (χ0n) is 11.0. The first-order valence-corrected chi connectivity index (χ1v) is 5.87. The van der Waals surface area contributed by atoms with Gasteiger partial charge in [-0.3, -0.25) is 4.68 Å².